The highest BCUT2D eigenvalue weighted by molar-refractivity contribution is 7.80. The van der Waals surface area contributed by atoms with E-state index in [1.807, 2.05) is 4.90 Å². The molecule has 0 amide bonds. The van der Waals surface area contributed by atoms with Crippen molar-refractivity contribution in [3.8, 4) is 0 Å². The minimum absolute atomic E-state index is 0.0954. The van der Waals surface area contributed by atoms with Gasteiger partial charge < -0.3 is 15.1 Å². The Morgan fingerprint density at radius 2 is 1.60 bits per heavy atom. The Kier molecular flexibility index (Phi) is 6.56. The highest BCUT2D eigenvalue weighted by atomic mass is 32.1. The molecule has 2 saturated heterocycles. The molecule has 2 fully saturated rings. The zero-order valence-electron chi connectivity index (χ0n) is 14.5. The number of anilines is 1. The Balaban J connectivity index is 1.39. The second-order valence-corrected chi connectivity index (χ2v) is 7.17. The van der Waals surface area contributed by atoms with Gasteiger partial charge in [-0.05, 0) is 69.8 Å². The van der Waals surface area contributed by atoms with E-state index >= 15 is 0 Å². The molecule has 0 saturated carbocycles. The van der Waals surface area contributed by atoms with Crippen molar-refractivity contribution in [2.45, 2.75) is 19.3 Å². The molecule has 0 spiro atoms. The number of hydrogen-bond donors (Lipinski definition) is 1. The van der Waals surface area contributed by atoms with E-state index in [1.54, 1.807) is 0 Å². The predicted molar refractivity (Wildman–Crippen MR) is 101 cm³/mol. The van der Waals surface area contributed by atoms with Gasteiger partial charge in [0, 0.05) is 32.2 Å². The van der Waals surface area contributed by atoms with Crippen LogP contribution in [0.15, 0.2) is 18.2 Å². The lowest BCUT2D eigenvalue weighted by molar-refractivity contribution is 0.174. The minimum atomic E-state index is -0.496. The molecular formula is C18H26F2N4S. The van der Waals surface area contributed by atoms with Crippen LogP contribution in [0.2, 0.25) is 0 Å². The van der Waals surface area contributed by atoms with Crippen LogP contribution in [0.25, 0.3) is 0 Å². The Labute approximate surface area is 153 Å². The Bertz CT molecular complexity index is 584. The highest BCUT2D eigenvalue weighted by Gasteiger charge is 2.20. The molecule has 4 nitrogen and oxygen atoms in total. The Hall–Kier alpha value is -1.31. The van der Waals surface area contributed by atoms with E-state index in [4.69, 9.17) is 12.2 Å². The van der Waals surface area contributed by atoms with Crippen LogP contribution in [0, 0.1) is 11.6 Å². The summed E-state index contributed by atoms with van der Waals surface area (Å²) in [5, 5.41) is 3.29. The number of piperazine rings is 1. The molecule has 0 aliphatic carbocycles. The fraction of sp³-hybridized carbons (Fsp3) is 0.611. The SMILES string of the molecule is Fc1ccc(F)c(NC(=S)N2CCN(CCCN3CCCC3)CC2)c1. The average molecular weight is 368 g/mol. The van der Waals surface area contributed by atoms with Crippen molar-refractivity contribution in [1.29, 1.82) is 0 Å². The number of rotatable bonds is 5. The van der Waals surface area contributed by atoms with Crippen molar-refractivity contribution in [3.05, 3.63) is 29.8 Å². The molecular weight excluding hydrogens is 342 g/mol. The first-order valence-corrected chi connectivity index (χ1v) is 9.48. The summed E-state index contributed by atoms with van der Waals surface area (Å²) in [5.74, 6) is -0.973. The average Bonchev–Trinajstić information content (AvgIpc) is 3.12. The lowest BCUT2D eigenvalue weighted by Gasteiger charge is -2.36. The second kappa shape index (κ2) is 8.87. The molecule has 0 radical (unpaired) electrons. The zero-order valence-corrected chi connectivity index (χ0v) is 15.3. The van der Waals surface area contributed by atoms with Gasteiger partial charge in [-0.2, -0.15) is 0 Å². The predicted octanol–water partition coefficient (Wildman–Crippen LogP) is 2.77. The molecule has 3 rings (SSSR count). The minimum Gasteiger partial charge on any atom is -0.346 e. The highest BCUT2D eigenvalue weighted by Crippen LogP contribution is 2.16. The molecule has 7 heteroatoms. The number of likely N-dealkylation sites (tertiary alicyclic amines) is 1. The van der Waals surface area contributed by atoms with Crippen molar-refractivity contribution < 1.29 is 8.78 Å². The number of thiocarbonyl (C=S) groups is 1. The van der Waals surface area contributed by atoms with Gasteiger partial charge in [0.05, 0.1) is 5.69 Å². The van der Waals surface area contributed by atoms with Crippen molar-refractivity contribution in [1.82, 2.24) is 14.7 Å². The van der Waals surface area contributed by atoms with Crippen molar-refractivity contribution in [2.24, 2.45) is 0 Å². The van der Waals surface area contributed by atoms with Crippen LogP contribution in [0.5, 0.6) is 0 Å². The maximum Gasteiger partial charge on any atom is 0.173 e. The normalized spacial score (nSPS) is 19.4. The van der Waals surface area contributed by atoms with Crippen molar-refractivity contribution in [3.63, 3.8) is 0 Å². The maximum atomic E-state index is 13.7. The van der Waals surface area contributed by atoms with Gasteiger partial charge in [-0.25, -0.2) is 8.78 Å². The summed E-state index contributed by atoms with van der Waals surface area (Å²) < 4.78 is 27.0. The first kappa shape index (κ1) is 18.5. The van der Waals surface area contributed by atoms with Gasteiger partial charge in [0.15, 0.2) is 5.11 Å². The van der Waals surface area contributed by atoms with Crippen LogP contribution >= 0.6 is 12.2 Å². The quantitative estimate of drug-likeness (QED) is 0.805. The molecule has 138 valence electrons. The summed E-state index contributed by atoms with van der Waals surface area (Å²) in [5.41, 5.74) is 0.0954. The van der Waals surface area contributed by atoms with Crippen LogP contribution in [0.4, 0.5) is 14.5 Å². The number of halogens is 2. The summed E-state index contributed by atoms with van der Waals surface area (Å²) in [6.07, 6.45) is 3.89. The lowest BCUT2D eigenvalue weighted by Crippen LogP contribution is -2.50. The fourth-order valence-electron chi connectivity index (χ4n) is 3.49. The molecule has 25 heavy (non-hydrogen) atoms. The molecule has 0 unspecified atom stereocenters. The van der Waals surface area contributed by atoms with Crippen LogP contribution in [0.1, 0.15) is 19.3 Å². The third-order valence-electron chi connectivity index (χ3n) is 4.98. The molecule has 0 bridgehead atoms. The van der Waals surface area contributed by atoms with Crippen LogP contribution in [0.3, 0.4) is 0 Å². The van der Waals surface area contributed by atoms with Gasteiger partial charge in [-0.15, -0.1) is 0 Å². The van der Waals surface area contributed by atoms with E-state index in [9.17, 15) is 8.78 Å². The summed E-state index contributed by atoms with van der Waals surface area (Å²) in [4.78, 5) is 7.03. The lowest BCUT2D eigenvalue weighted by atomic mass is 10.2. The molecule has 1 aromatic carbocycles. The third-order valence-corrected chi connectivity index (χ3v) is 5.34. The van der Waals surface area contributed by atoms with Gasteiger partial charge in [-0.1, -0.05) is 0 Å². The maximum absolute atomic E-state index is 13.7. The number of hydrogen-bond acceptors (Lipinski definition) is 3. The molecule has 2 aliphatic heterocycles. The first-order chi connectivity index (χ1) is 12.1. The van der Waals surface area contributed by atoms with Crippen molar-refractivity contribution >= 4 is 23.0 Å². The molecule has 2 aliphatic rings. The Morgan fingerprint density at radius 3 is 2.28 bits per heavy atom. The smallest absolute Gasteiger partial charge is 0.173 e. The van der Waals surface area contributed by atoms with Crippen LogP contribution in [-0.2, 0) is 0 Å². The summed E-state index contributed by atoms with van der Waals surface area (Å²) in [6.45, 7) is 8.34. The topological polar surface area (TPSA) is 21.8 Å². The number of benzene rings is 1. The van der Waals surface area contributed by atoms with E-state index in [1.165, 1.54) is 38.9 Å². The van der Waals surface area contributed by atoms with Gasteiger partial charge in [0.1, 0.15) is 11.6 Å². The molecule has 0 aromatic heterocycles. The summed E-state index contributed by atoms with van der Waals surface area (Å²) >= 11 is 5.36. The number of nitrogens with zero attached hydrogens (tertiary/aromatic N) is 3. The third kappa shape index (κ3) is 5.33. The fourth-order valence-corrected chi connectivity index (χ4v) is 3.78. The van der Waals surface area contributed by atoms with Gasteiger partial charge >= 0.3 is 0 Å². The second-order valence-electron chi connectivity index (χ2n) is 6.79. The van der Waals surface area contributed by atoms with Crippen molar-refractivity contribution in [2.75, 3.05) is 57.7 Å². The summed E-state index contributed by atoms with van der Waals surface area (Å²) in [7, 11) is 0. The summed E-state index contributed by atoms with van der Waals surface area (Å²) in [6, 6.07) is 3.35. The van der Waals surface area contributed by atoms with Gasteiger partial charge in [-0.3, -0.25) is 4.90 Å². The van der Waals surface area contributed by atoms with E-state index in [2.05, 4.69) is 15.1 Å². The van der Waals surface area contributed by atoms with Gasteiger partial charge in [0.25, 0.3) is 0 Å². The molecule has 1 aromatic rings. The molecule has 2 heterocycles. The zero-order chi connectivity index (χ0) is 17.6. The molecule has 1 N–H and O–H groups in total. The van der Waals surface area contributed by atoms with E-state index < -0.39 is 11.6 Å². The largest absolute Gasteiger partial charge is 0.346 e. The van der Waals surface area contributed by atoms with E-state index in [-0.39, 0.29) is 5.69 Å². The standard InChI is InChI=1S/C18H26F2N4S/c19-15-4-5-16(20)17(14-15)21-18(25)24-12-10-23(11-13-24)9-3-8-22-6-1-2-7-22/h4-5,14H,1-3,6-13H2,(H,21,25). The Morgan fingerprint density at radius 1 is 0.960 bits per heavy atom. The monoisotopic (exact) mass is 368 g/mol. The van der Waals surface area contributed by atoms with Gasteiger partial charge in [0.2, 0.25) is 0 Å². The van der Waals surface area contributed by atoms with E-state index in [0.717, 1.165) is 50.9 Å². The first-order valence-electron chi connectivity index (χ1n) is 9.07. The van der Waals surface area contributed by atoms with Crippen LogP contribution < -0.4 is 5.32 Å². The molecule has 0 atom stereocenters. The van der Waals surface area contributed by atoms with Crippen LogP contribution in [-0.4, -0.2) is 72.2 Å². The van der Waals surface area contributed by atoms with E-state index in [0.29, 0.717) is 5.11 Å². The number of nitrogens with one attached hydrogen (secondary N) is 1.